The van der Waals surface area contributed by atoms with Crippen LogP contribution in [0.4, 0.5) is 0 Å². The van der Waals surface area contributed by atoms with E-state index < -0.39 is 0 Å². The van der Waals surface area contributed by atoms with Gasteiger partial charge in [-0.25, -0.2) is 0 Å². The zero-order valence-corrected chi connectivity index (χ0v) is 14.9. The number of benzene rings is 2. The van der Waals surface area contributed by atoms with Crippen LogP contribution in [0.25, 0.3) is 0 Å². The molecule has 2 N–H and O–H groups in total. The van der Waals surface area contributed by atoms with Gasteiger partial charge in [0.1, 0.15) is 38.5 Å². The summed E-state index contributed by atoms with van der Waals surface area (Å²) >= 11 is 0. The van der Waals surface area contributed by atoms with Crippen molar-refractivity contribution >= 4 is 0 Å². The third-order valence-corrected chi connectivity index (χ3v) is 5.13. The van der Waals surface area contributed by atoms with Gasteiger partial charge in [-0.15, -0.1) is 0 Å². The number of hydrogen-bond acceptors (Lipinski definition) is 2. The molecule has 1 heterocycles. The first-order valence-electron chi connectivity index (χ1n) is 9.06. The van der Waals surface area contributed by atoms with Crippen molar-refractivity contribution in [2.24, 2.45) is 0 Å². The van der Waals surface area contributed by atoms with E-state index in [0.29, 0.717) is 0 Å². The molecule has 0 saturated carbocycles. The van der Waals surface area contributed by atoms with Crippen molar-refractivity contribution in [3.63, 3.8) is 0 Å². The van der Waals surface area contributed by atoms with Crippen molar-refractivity contribution < 1.29 is 14.5 Å². The molecule has 3 rings (SSSR count). The zero-order valence-electron chi connectivity index (χ0n) is 14.9. The van der Waals surface area contributed by atoms with Crippen LogP contribution in [0.3, 0.4) is 0 Å². The number of nitriles is 1. The third kappa shape index (κ3) is 5.06. The smallest absolute Gasteiger partial charge is 0.127 e. The van der Waals surface area contributed by atoms with Gasteiger partial charge in [0, 0.05) is 12.0 Å². The van der Waals surface area contributed by atoms with Crippen LogP contribution >= 0.6 is 0 Å². The van der Waals surface area contributed by atoms with Crippen molar-refractivity contribution in [1.29, 1.82) is 5.26 Å². The third-order valence-electron chi connectivity index (χ3n) is 5.13. The van der Waals surface area contributed by atoms with E-state index in [-0.39, 0.29) is 0 Å². The molecular formula is C21H27N3O+2. The summed E-state index contributed by atoms with van der Waals surface area (Å²) in [5, 5.41) is 8.87. The second kappa shape index (κ2) is 8.66. The van der Waals surface area contributed by atoms with Gasteiger partial charge in [-0.2, -0.15) is 5.26 Å². The quantitative estimate of drug-likeness (QED) is 0.785. The highest BCUT2D eigenvalue weighted by molar-refractivity contribution is 5.31. The number of ether oxygens (including phenoxy) is 1. The summed E-state index contributed by atoms with van der Waals surface area (Å²) in [6, 6.07) is 18.6. The SMILES string of the molecule is COc1ccc(CC[NH+]2CC[NH+](Cc3ccc(C#N)cc3)CC2)cc1. The molecule has 1 aliphatic rings. The van der Waals surface area contributed by atoms with Crippen LogP contribution in [0.15, 0.2) is 48.5 Å². The van der Waals surface area contributed by atoms with Crippen LogP contribution < -0.4 is 14.5 Å². The average Bonchev–Trinajstić information content (AvgIpc) is 2.68. The lowest BCUT2D eigenvalue weighted by atomic mass is 10.1. The van der Waals surface area contributed by atoms with E-state index >= 15 is 0 Å². The topological polar surface area (TPSA) is 41.9 Å². The molecule has 1 saturated heterocycles. The molecule has 4 nitrogen and oxygen atoms in total. The van der Waals surface area contributed by atoms with E-state index in [1.807, 2.05) is 24.3 Å². The Labute approximate surface area is 150 Å². The van der Waals surface area contributed by atoms with Crippen LogP contribution in [0.2, 0.25) is 0 Å². The van der Waals surface area contributed by atoms with Gasteiger partial charge in [-0.3, -0.25) is 0 Å². The lowest BCUT2D eigenvalue weighted by molar-refractivity contribution is -1.02. The first-order chi connectivity index (χ1) is 12.3. The Morgan fingerprint density at radius 3 is 2.08 bits per heavy atom. The first-order valence-corrected chi connectivity index (χ1v) is 9.06. The summed E-state index contributed by atoms with van der Waals surface area (Å²) in [6.07, 6.45) is 1.13. The monoisotopic (exact) mass is 337 g/mol. The number of nitrogens with zero attached hydrogens (tertiary/aromatic N) is 1. The number of quaternary nitrogens is 2. The standard InChI is InChI=1S/C21H25N3O/c1-25-21-8-6-18(7-9-21)10-11-23-12-14-24(15-13-23)17-20-4-2-19(16-22)3-5-20/h2-9H,10-15,17H2,1H3/p+2. The molecule has 0 amide bonds. The van der Waals surface area contributed by atoms with Crippen LogP contribution in [0.5, 0.6) is 5.75 Å². The van der Waals surface area contributed by atoms with Crippen molar-refractivity contribution in [2.75, 3.05) is 39.8 Å². The highest BCUT2D eigenvalue weighted by atomic mass is 16.5. The second-order valence-electron chi connectivity index (χ2n) is 6.83. The molecule has 0 atom stereocenters. The molecule has 0 unspecified atom stereocenters. The van der Waals surface area contributed by atoms with Gasteiger partial charge in [0.15, 0.2) is 0 Å². The zero-order chi connectivity index (χ0) is 17.5. The van der Waals surface area contributed by atoms with Crippen molar-refractivity contribution in [2.45, 2.75) is 13.0 Å². The molecule has 0 radical (unpaired) electrons. The molecule has 2 aromatic carbocycles. The van der Waals surface area contributed by atoms with E-state index in [2.05, 4.69) is 30.3 Å². The number of hydrogen-bond donors (Lipinski definition) is 2. The minimum absolute atomic E-state index is 0.742. The fourth-order valence-electron chi connectivity index (χ4n) is 3.48. The molecule has 1 aliphatic heterocycles. The van der Waals surface area contributed by atoms with E-state index in [4.69, 9.17) is 10.00 Å². The molecule has 1 fully saturated rings. The molecular weight excluding hydrogens is 310 g/mol. The minimum atomic E-state index is 0.742. The summed E-state index contributed by atoms with van der Waals surface area (Å²) in [5.74, 6) is 0.927. The Bertz CT molecular complexity index is 695. The van der Waals surface area contributed by atoms with Gasteiger partial charge in [0.25, 0.3) is 0 Å². The van der Waals surface area contributed by atoms with Gasteiger partial charge in [-0.1, -0.05) is 24.3 Å². The lowest BCUT2D eigenvalue weighted by Crippen LogP contribution is -3.27. The number of piperazine rings is 1. The van der Waals surface area contributed by atoms with Crippen molar-refractivity contribution in [3.8, 4) is 11.8 Å². The largest absolute Gasteiger partial charge is 0.497 e. The van der Waals surface area contributed by atoms with E-state index in [1.54, 1.807) is 16.9 Å². The predicted molar refractivity (Wildman–Crippen MR) is 97.8 cm³/mol. The predicted octanol–water partition coefficient (Wildman–Crippen LogP) is 0.0930. The Hall–Kier alpha value is -2.35. The van der Waals surface area contributed by atoms with Crippen LogP contribution in [0.1, 0.15) is 16.7 Å². The molecule has 2 aromatic rings. The highest BCUT2D eigenvalue weighted by Crippen LogP contribution is 2.11. The Balaban J connectivity index is 1.41. The Morgan fingerprint density at radius 2 is 1.48 bits per heavy atom. The summed E-state index contributed by atoms with van der Waals surface area (Å²) < 4.78 is 5.21. The maximum atomic E-state index is 8.87. The molecule has 0 aromatic heterocycles. The first kappa shape index (κ1) is 17.5. The van der Waals surface area contributed by atoms with Crippen LogP contribution in [-0.4, -0.2) is 39.8 Å². The van der Waals surface area contributed by atoms with E-state index in [9.17, 15) is 0 Å². The molecule has 4 heteroatoms. The number of rotatable bonds is 6. The number of nitrogens with one attached hydrogen (secondary N) is 2. The number of methoxy groups -OCH3 is 1. The van der Waals surface area contributed by atoms with Gasteiger partial charge >= 0.3 is 0 Å². The van der Waals surface area contributed by atoms with E-state index in [1.165, 1.54) is 43.9 Å². The summed E-state index contributed by atoms with van der Waals surface area (Å²) in [5.41, 5.74) is 3.46. The molecule has 0 spiro atoms. The van der Waals surface area contributed by atoms with E-state index in [0.717, 1.165) is 24.3 Å². The average molecular weight is 337 g/mol. The fourth-order valence-corrected chi connectivity index (χ4v) is 3.48. The maximum absolute atomic E-state index is 8.87. The fraction of sp³-hybridized carbons (Fsp3) is 0.381. The maximum Gasteiger partial charge on any atom is 0.127 e. The molecule has 130 valence electrons. The Kier molecular flexibility index (Phi) is 6.05. The van der Waals surface area contributed by atoms with Crippen molar-refractivity contribution in [1.82, 2.24) is 0 Å². The minimum Gasteiger partial charge on any atom is -0.497 e. The van der Waals surface area contributed by atoms with Gasteiger partial charge in [0.05, 0.1) is 25.3 Å². The summed E-state index contributed by atoms with van der Waals surface area (Å²) in [7, 11) is 1.71. The van der Waals surface area contributed by atoms with Gasteiger partial charge < -0.3 is 14.5 Å². The molecule has 25 heavy (non-hydrogen) atoms. The normalized spacial score (nSPS) is 20.0. The molecule has 0 bridgehead atoms. The summed E-state index contributed by atoms with van der Waals surface area (Å²) in [6.45, 7) is 7.19. The van der Waals surface area contributed by atoms with Crippen LogP contribution in [0, 0.1) is 11.3 Å². The van der Waals surface area contributed by atoms with Crippen molar-refractivity contribution in [3.05, 3.63) is 65.2 Å². The van der Waals surface area contributed by atoms with Gasteiger partial charge in [-0.05, 0) is 29.8 Å². The van der Waals surface area contributed by atoms with Gasteiger partial charge in [0.2, 0.25) is 0 Å². The highest BCUT2D eigenvalue weighted by Gasteiger charge is 2.22. The van der Waals surface area contributed by atoms with Crippen LogP contribution in [-0.2, 0) is 13.0 Å². The molecule has 0 aliphatic carbocycles. The lowest BCUT2D eigenvalue weighted by Gasteiger charge is -2.29. The summed E-state index contributed by atoms with van der Waals surface area (Å²) in [4.78, 5) is 3.36. The Morgan fingerprint density at radius 1 is 0.880 bits per heavy atom. The second-order valence-corrected chi connectivity index (χ2v) is 6.83.